The van der Waals surface area contributed by atoms with E-state index in [1.165, 1.54) is 11.8 Å². The van der Waals surface area contributed by atoms with E-state index >= 15 is 0 Å². The molecule has 2 aromatic carbocycles. The standard InChI is InChI=1S/C15H13ClO2S/c16-13-8-6-12(7-9-13)15(19-10-14(17)18)11-4-2-1-3-5-11/h1-9,15H,10H2,(H,17,18). The number of carbonyl (C=O) groups is 1. The molecule has 0 aromatic heterocycles. The second-order valence-electron chi connectivity index (χ2n) is 4.05. The smallest absolute Gasteiger partial charge is 0.313 e. The van der Waals surface area contributed by atoms with Crippen molar-refractivity contribution in [3.8, 4) is 0 Å². The molecule has 19 heavy (non-hydrogen) atoms. The number of benzene rings is 2. The molecule has 0 amide bonds. The topological polar surface area (TPSA) is 37.3 Å². The highest BCUT2D eigenvalue weighted by Gasteiger charge is 2.15. The van der Waals surface area contributed by atoms with E-state index in [-0.39, 0.29) is 11.0 Å². The molecule has 0 spiro atoms. The van der Waals surface area contributed by atoms with Gasteiger partial charge in [-0.3, -0.25) is 4.79 Å². The lowest BCUT2D eigenvalue weighted by Gasteiger charge is -2.16. The van der Waals surface area contributed by atoms with Crippen molar-refractivity contribution < 1.29 is 9.90 Å². The van der Waals surface area contributed by atoms with Crippen molar-refractivity contribution in [1.82, 2.24) is 0 Å². The molecule has 0 saturated heterocycles. The summed E-state index contributed by atoms with van der Waals surface area (Å²) in [6.07, 6.45) is 0. The van der Waals surface area contributed by atoms with Crippen LogP contribution in [-0.4, -0.2) is 16.8 Å². The molecule has 2 rings (SSSR count). The second kappa shape index (κ2) is 6.64. The number of carboxylic acids is 1. The van der Waals surface area contributed by atoms with E-state index in [4.69, 9.17) is 16.7 Å². The van der Waals surface area contributed by atoms with Gasteiger partial charge in [-0.15, -0.1) is 11.8 Å². The van der Waals surface area contributed by atoms with E-state index in [0.29, 0.717) is 5.02 Å². The molecule has 98 valence electrons. The molecule has 0 aliphatic rings. The first-order chi connectivity index (χ1) is 9.16. The summed E-state index contributed by atoms with van der Waals surface area (Å²) >= 11 is 7.29. The van der Waals surface area contributed by atoms with Crippen LogP contribution in [0.5, 0.6) is 0 Å². The molecule has 1 N–H and O–H groups in total. The van der Waals surface area contributed by atoms with E-state index in [2.05, 4.69) is 0 Å². The summed E-state index contributed by atoms with van der Waals surface area (Å²) < 4.78 is 0. The van der Waals surface area contributed by atoms with Crippen LogP contribution < -0.4 is 0 Å². The highest BCUT2D eigenvalue weighted by Crippen LogP contribution is 2.35. The van der Waals surface area contributed by atoms with Crippen molar-refractivity contribution in [2.75, 3.05) is 5.75 Å². The maximum absolute atomic E-state index is 10.8. The number of halogens is 1. The van der Waals surface area contributed by atoms with Crippen molar-refractivity contribution in [3.05, 3.63) is 70.7 Å². The SMILES string of the molecule is O=C(O)CSC(c1ccccc1)c1ccc(Cl)cc1. The Labute approximate surface area is 121 Å². The van der Waals surface area contributed by atoms with Gasteiger partial charge >= 0.3 is 5.97 Å². The number of rotatable bonds is 5. The second-order valence-corrected chi connectivity index (χ2v) is 5.58. The number of hydrogen-bond donors (Lipinski definition) is 1. The van der Waals surface area contributed by atoms with E-state index in [1.807, 2.05) is 54.6 Å². The van der Waals surface area contributed by atoms with Crippen molar-refractivity contribution in [2.24, 2.45) is 0 Å². The van der Waals surface area contributed by atoms with Crippen LogP contribution in [0.15, 0.2) is 54.6 Å². The average Bonchev–Trinajstić information content (AvgIpc) is 2.42. The lowest BCUT2D eigenvalue weighted by Crippen LogP contribution is -2.04. The van der Waals surface area contributed by atoms with Gasteiger partial charge in [0.15, 0.2) is 0 Å². The Morgan fingerprint density at radius 3 is 2.21 bits per heavy atom. The zero-order valence-electron chi connectivity index (χ0n) is 10.1. The van der Waals surface area contributed by atoms with Crippen LogP contribution >= 0.6 is 23.4 Å². The van der Waals surface area contributed by atoms with Gasteiger partial charge in [-0.2, -0.15) is 0 Å². The lowest BCUT2D eigenvalue weighted by atomic mass is 10.0. The molecule has 0 bridgehead atoms. The minimum absolute atomic E-state index is 0.00886. The van der Waals surface area contributed by atoms with Crippen LogP contribution in [0.3, 0.4) is 0 Å². The summed E-state index contributed by atoms with van der Waals surface area (Å²) in [6.45, 7) is 0. The van der Waals surface area contributed by atoms with Gasteiger partial charge in [0.1, 0.15) is 0 Å². The largest absolute Gasteiger partial charge is 0.481 e. The maximum atomic E-state index is 10.8. The first kappa shape index (κ1) is 14.0. The van der Waals surface area contributed by atoms with Crippen LogP contribution in [0.1, 0.15) is 16.4 Å². The molecule has 0 aliphatic heterocycles. The molecular formula is C15H13ClO2S. The van der Waals surface area contributed by atoms with Crippen molar-refractivity contribution in [1.29, 1.82) is 0 Å². The molecule has 0 aliphatic carbocycles. The van der Waals surface area contributed by atoms with Gasteiger partial charge in [0.05, 0.1) is 11.0 Å². The summed E-state index contributed by atoms with van der Waals surface area (Å²) in [5.41, 5.74) is 2.15. The summed E-state index contributed by atoms with van der Waals surface area (Å²) in [5.74, 6) is -0.734. The fraction of sp³-hybridized carbons (Fsp3) is 0.133. The Morgan fingerprint density at radius 2 is 1.63 bits per heavy atom. The third kappa shape index (κ3) is 4.01. The molecule has 0 fully saturated rings. The summed E-state index contributed by atoms with van der Waals surface area (Å²) in [7, 11) is 0. The fourth-order valence-corrected chi connectivity index (χ4v) is 2.94. The zero-order valence-corrected chi connectivity index (χ0v) is 11.7. The fourth-order valence-electron chi connectivity index (χ4n) is 1.80. The first-order valence-corrected chi connectivity index (χ1v) is 7.23. The van der Waals surface area contributed by atoms with Crippen LogP contribution in [0.25, 0.3) is 0 Å². The normalized spacial score (nSPS) is 12.1. The first-order valence-electron chi connectivity index (χ1n) is 5.80. The molecule has 0 radical (unpaired) electrons. The minimum atomic E-state index is -0.806. The van der Waals surface area contributed by atoms with Gasteiger partial charge in [-0.1, -0.05) is 54.1 Å². The minimum Gasteiger partial charge on any atom is -0.481 e. The zero-order chi connectivity index (χ0) is 13.7. The van der Waals surface area contributed by atoms with E-state index < -0.39 is 5.97 Å². The van der Waals surface area contributed by atoms with Crippen LogP contribution in [0, 0.1) is 0 Å². The number of carboxylic acid groups (broad SMARTS) is 1. The summed E-state index contributed by atoms with van der Waals surface area (Å²) in [6, 6.07) is 17.4. The van der Waals surface area contributed by atoms with Gasteiger partial charge in [-0.25, -0.2) is 0 Å². The van der Waals surface area contributed by atoms with Gasteiger partial charge in [-0.05, 0) is 23.3 Å². The Balaban J connectivity index is 2.28. The molecule has 4 heteroatoms. The third-order valence-electron chi connectivity index (χ3n) is 2.65. The molecule has 0 saturated carbocycles. The summed E-state index contributed by atoms with van der Waals surface area (Å²) in [4.78, 5) is 10.8. The molecule has 0 heterocycles. The van der Waals surface area contributed by atoms with E-state index in [1.54, 1.807) is 0 Å². The molecule has 2 nitrogen and oxygen atoms in total. The van der Waals surface area contributed by atoms with Crippen molar-refractivity contribution >= 4 is 29.3 Å². The van der Waals surface area contributed by atoms with Crippen LogP contribution in [0.4, 0.5) is 0 Å². The predicted octanol–water partition coefficient (Wildman–Crippen LogP) is 4.25. The number of aliphatic carboxylic acids is 1. The summed E-state index contributed by atoms with van der Waals surface area (Å²) in [5, 5.41) is 9.55. The maximum Gasteiger partial charge on any atom is 0.313 e. The Bertz CT molecular complexity index is 540. The highest BCUT2D eigenvalue weighted by molar-refractivity contribution is 8.00. The third-order valence-corrected chi connectivity index (χ3v) is 4.19. The molecule has 2 aromatic rings. The van der Waals surface area contributed by atoms with Crippen LogP contribution in [-0.2, 0) is 4.79 Å². The van der Waals surface area contributed by atoms with Crippen molar-refractivity contribution in [2.45, 2.75) is 5.25 Å². The highest BCUT2D eigenvalue weighted by atomic mass is 35.5. The van der Waals surface area contributed by atoms with Crippen molar-refractivity contribution in [3.63, 3.8) is 0 Å². The predicted molar refractivity (Wildman–Crippen MR) is 79.8 cm³/mol. The Morgan fingerprint density at radius 1 is 1.05 bits per heavy atom. The molecule has 1 unspecified atom stereocenters. The van der Waals surface area contributed by atoms with Crippen LogP contribution in [0.2, 0.25) is 5.02 Å². The Hall–Kier alpha value is -1.45. The van der Waals surface area contributed by atoms with Gasteiger partial charge < -0.3 is 5.11 Å². The number of thioether (sulfide) groups is 1. The molecule has 1 atom stereocenters. The lowest BCUT2D eigenvalue weighted by molar-refractivity contribution is -0.133. The molecular weight excluding hydrogens is 280 g/mol. The quantitative estimate of drug-likeness (QED) is 0.895. The van der Waals surface area contributed by atoms with E-state index in [0.717, 1.165) is 11.1 Å². The van der Waals surface area contributed by atoms with Gasteiger partial charge in [0.2, 0.25) is 0 Å². The van der Waals surface area contributed by atoms with Gasteiger partial charge in [0, 0.05) is 5.02 Å². The number of hydrogen-bond acceptors (Lipinski definition) is 2. The average molecular weight is 293 g/mol. The van der Waals surface area contributed by atoms with Gasteiger partial charge in [0.25, 0.3) is 0 Å². The Kier molecular flexibility index (Phi) is 4.88. The van der Waals surface area contributed by atoms with E-state index in [9.17, 15) is 4.79 Å². The monoisotopic (exact) mass is 292 g/mol.